The second kappa shape index (κ2) is 3.96. The number of thiophene rings is 1. The molecule has 0 unspecified atom stereocenters. The van der Waals surface area contributed by atoms with Crippen molar-refractivity contribution in [3.63, 3.8) is 0 Å². The van der Waals surface area contributed by atoms with Crippen LogP contribution in [0.5, 0.6) is 5.75 Å². The van der Waals surface area contributed by atoms with Gasteiger partial charge in [-0.1, -0.05) is 30.3 Å². The largest absolute Gasteiger partial charge is 0.381 e. The van der Waals surface area contributed by atoms with Crippen molar-refractivity contribution in [2.24, 2.45) is 0 Å². The molecule has 3 nitrogen and oxygen atoms in total. The van der Waals surface area contributed by atoms with Gasteiger partial charge >= 0.3 is 10.1 Å². The van der Waals surface area contributed by atoms with E-state index in [1.807, 2.05) is 36.4 Å². The van der Waals surface area contributed by atoms with Crippen molar-refractivity contribution in [3.8, 4) is 5.75 Å². The van der Waals surface area contributed by atoms with E-state index in [4.69, 9.17) is 4.18 Å². The maximum Gasteiger partial charge on any atom is 0.306 e. The van der Waals surface area contributed by atoms with Gasteiger partial charge < -0.3 is 4.18 Å². The Morgan fingerprint density at radius 2 is 1.72 bits per heavy atom. The molecule has 92 valence electrons. The first-order chi connectivity index (χ1) is 8.54. The van der Waals surface area contributed by atoms with Crippen LogP contribution in [0.2, 0.25) is 0 Å². The van der Waals surface area contributed by atoms with E-state index in [1.54, 1.807) is 6.07 Å². The fourth-order valence-corrected chi connectivity index (χ4v) is 3.62. The smallest absolute Gasteiger partial charge is 0.306 e. The van der Waals surface area contributed by atoms with E-state index in [2.05, 4.69) is 0 Å². The zero-order chi connectivity index (χ0) is 12.8. The Hall–Kier alpha value is -1.59. The molecule has 0 atom stereocenters. The van der Waals surface area contributed by atoms with Crippen LogP contribution in [0.3, 0.4) is 0 Å². The quantitative estimate of drug-likeness (QED) is 0.675. The predicted octanol–water partition coefficient (Wildman–Crippen LogP) is 3.39. The normalized spacial score (nSPS) is 12.1. The summed E-state index contributed by atoms with van der Waals surface area (Å²) < 4.78 is 29.5. The minimum absolute atomic E-state index is 0.399. The van der Waals surface area contributed by atoms with E-state index in [-0.39, 0.29) is 0 Å². The minimum atomic E-state index is -3.50. The summed E-state index contributed by atoms with van der Waals surface area (Å²) in [4.78, 5) is 0. The fourth-order valence-electron chi connectivity index (χ4n) is 1.95. The highest BCUT2D eigenvalue weighted by atomic mass is 32.2. The van der Waals surface area contributed by atoms with E-state index in [1.165, 1.54) is 11.3 Å². The molecule has 0 aliphatic carbocycles. The highest BCUT2D eigenvalue weighted by Gasteiger charge is 2.12. The average molecular weight is 278 g/mol. The van der Waals surface area contributed by atoms with Gasteiger partial charge in [-0.15, -0.1) is 11.3 Å². The molecule has 0 aliphatic heterocycles. The van der Waals surface area contributed by atoms with Gasteiger partial charge in [0.25, 0.3) is 0 Å². The van der Waals surface area contributed by atoms with E-state index in [0.717, 1.165) is 26.4 Å². The molecule has 0 spiro atoms. The molecule has 0 bridgehead atoms. The molecule has 3 aromatic rings. The molecule has 1 heterocycles. The zero-order valence-corrected chi connectivity index (χ0v) is 11.2. The van der Waals surface area contributed by atoms with Crippen LogP contribution < -0.4 is 4.18 Å². The Balaban J connectivity index is 2.34. The van der Waals surface area contributed by atoms with Crippen molar-refractivity contribution in [3.05, 3.63) is 42.5 Å². The molecule has 18 heavy (non-hydrogen) atoms. The highest BCUT2D eigenvalue weighted by molar-refractivity contribution is 7.86. The van der Waals surface area contributed by atoms with Crippen LogP contribution in [0.15, 0.2) is 42.5 Å². The number of fused-ring (bicyclic) bond motifs is 3. The number of benzene rings is 2. The monoisotopic (exact) mass is 278 g/mol. The number of hydrogen-bond donors (Lipinski definition) is 0. The third-order valence-electron chi connectivity index (χ3n) is 2.61. The molecule has 0 amide bonds. The lowest BCUT2D eigenvalue weighted by Gasteiger charge is -2.03. The third-order valence-corrected chi connectivity index (χ3v) is 4.29. The van der Waals surface area contributed by atoms with Crippen LogP contribution in [-0.2, 0) is 10.1 Å². The Labute approximate surface area is 109 Å². The first-order valence-electron chi connectivity index (χ1n) is 5.34. The molecule has 0 aliphatic rings. The SMILES string of the molecule is CS(=O)(=O)Oc1cccc2c1sc1ccccc12. The van der Waals surface area contributed by atoms with Crippen LogP contribution in [0.25, 0.3) is 20.2 Å². The highest BCUT2D eigenvalue weighted by Crippen LogP contribution is 2.39. The summed E-state index contributed by atoms with van der Waals surface area (Å²) in [5.41, 5.74) is 0. The van der Waals surface area contributed by atoms with Gasteiger partial charge in [0, 0.05) is 15.5 Å². The topological polar surface area (TPSA) is 43.4 Å². The second-order valence-corrected chi connectivity index (χ2v) is 6.65. The molecule has 0 saturated carbocycles. The number of hydrogen-bond acceptors (Lipinski definition) is 4. The van der Waals surface area contributed by atoms with E-state index in [9.17, 15) is 8.42 Å². The molecule has 3 rings (SSSR count). The summed E-state index contributed by atoms with van der Waals surface area (Å²) in [5.74, 6) is 0.399. The van der Waals surface area contributed by atoms with Crippen molar-refractivity contribution >= 4 is 41.6 Å². The predicted molar refractivity (Wildman–Crippen MR) is 74.8 cm³/mol. The van der Waals surface area contributed by atoms with E-state index >= 15 is 0 Å². The van der Waals surface area contributed by atoms with Gasteiger partial charge in [0.2, 0.25) is 0 Å². The van der Waals surface area contributed by atoms with E-state index < -0.39 is 10.1 Å². The lowest BCUT2D eigenvalue weighted by atomic mass is 10.1. The summed E-state index contributed by atoms with van der Waals surface area (Å²) in [7, 11) is -3.50. The summed E-state index contributed by atoms with van der Waals surface area (Å²) in [5, 5.41) is 2.15. The van der Waals surface area contributed by atoms with Gasteiger partial charge in [0.15, 0.2) is 5.75 Å². The lowest BCUT2D eigenvalue weighted by molar-refractivity contribution is 0.496. The Morgan fingerprint density at radius 1 is 1.00 bits per heavy atom. The third kappa shape index (κ3) is 1.95. The first-order valence-corrected chi connectivity index (χ1v) is 7.97. The van der Waals surface area contributed by atoms with Crippen molar-refractivity contribution in [2.75, 3.05) is 6.26 Å². The van der Waals surface area contributed by atoms with Crippen molar-refractivity contribution < 1.29 is 12.6 Å². The Morgan fingerprint density at radius 3 is 2.50 bits per heavy atom. The maximum atomic E-state index is 11.2. The molecule has 0 fully saturated rings. The van der Waals surface area contributed by atoms with Gasteiger partial charge in [0.05, 0.1) is 11.0 Å². The van der Waals surface area contributed by atoms with E-state index in [0.29, 0.717) is 5.75 Å². The van der Waals surface area contributed by atoms with Gasteiger partial charge in [-0.3, -0.25) is 0 Å². The molecule has 2 aromatic carbocycles. The second-order valence-electron chi connectivity index (χ2n) is 4.02. The Kier molecular flexibility index (Phi) is 2.53. The average Bonchev–Trinajstić information content (AvgIpc) is 2.67. The van der Waals surface area contributed by atoms with Crippen LogP contribution in [-0.4, -0.2) is 14.7 Å². The van der Waals surface area contributed by atoms with Crippen molar-refractivity contribution in [2.45, 2.75) is 0 Å². The van der Waals surface area contributed by atoms with Gasteiger partial charge in [-0.05, 0) is 12.1 Å². The van der Waals surface area contributed by atoms with Crippen LogP contribution in [0.1, 0.15) is 0 Å². The van der Waals surface area contributed by atoms with Gasteiger partial charge in [0.1, 0.15) is 0 Å². The molecule has 0 radical (unpaired) electrons. The van der Waals surface area contributed by atoms with Crippen molar-refractivity contribution in [1.82, 2.24) is 0 Å². The molecule has 5 heteroatoms. The summed E-state index contributed by atoms with van der Waals surface area (Å²) >= 11 is 1.54. The van der Waals surface area contributed by atoms with Crippen LogP contribution in [0.4, 0.5) is 0 Å². The molecule has 1 aromatic heterocycles. The number of rotatable bonds is 2. The lowest BCUT2D eigenvalue weighted by Crippen LogP contribution is -2.05. The summed E-state index contributed by atoms with van der Waals surface area (Å²) in [6.07, 6.45) is 1.05. The maximum absolute atomic E-state index is 11.2. The minimum Gasteiger partial charge on any atom is -0.381 e. The van der Waals surface area contributed by atoms with Crippen LogP contribution >= 0.6 is 11.3 Å². The molecule has 0 N–H and O–H groups in total. The molecular weight excluding hydrogens is 268 g/mol. The summed E-state index contributed by atoms with van der Waals surface area (Å²) in [6, 6.07) is 13.4. The fraction of sp³-hybridized carbons (Fsp3) is 0.0769. The van der Waals surface area contributed by atoms with Gasteiger partial charge in [-0.25, -0.2) is 0 Å². The summed E-state index contributed by atoms with van der Waals surface area (Å²) in [6.45, 7) is 0. The van der Waals surface area contributed by atoms with Crippen LogP contribution in [0, 0.1) is 0 Å². The Bertz CT molecular complexity index is 832. The molecule has 0 saturated heterocycles. The van der Waals surface area contributed by atoms with Gasteiger partial charge in [-0.2, -0.15) is 8.42 Å². The van der Waals surface area contributed by atoms with Crippen molar-refractivity contribution in [1.29, 1.82) is 0 Å². The molecular formula is C13H10O3S2. The standard InChI is InChI=1S/C13H10O3S2/c1-18(14,15)16-11-7-4-6-10-9-5-2-3-8-12(9)17-13(10)11/h2-8H,1H3. The zero-order valence-electron chi connectivity index (χ0n) is 9.58. The first kappa shape index (κ1) is 11.5.